The summed E-state index contributed by atoms with van der Waals surface area (Å²) in [4.78, 5) is 19.8. The number of aromatic nitrogens is 3. The van der Waals surface area contributed by atoms with E-state index in [1.807, 2.05) is 61.5 Å². The maximum Gasteiger partial charge on any atom is 0.280 e. The maximum atomic E-state index is 13.9. The Kier molecular flexibility index (Phi) is 6.11. The number of hydrogen-bond donors (Lipinski definition) is 1. The summed E-state index contributed by atoms with van der Waals surface area (Å²) in [6.45, 7) is 3.84. The van der Waals surface area contributed by atoms with Crippen molar-refractivity contribution in [2.45, 2.75) is 32.3 Å². The highest BCUT2D eigenvalue weighted by molar-refractivity contribution is 5.86. The van der Waals surface area contributed by atoms with E-state index < -0.39 is 6.10 Å². The van der Waals surface area contributed by atoms with Crippen LogP contribution in [0.15, 0.2) is 59.4 Å². The highest BCUT2D eigenvalue weighted by Gasteiger charge is 2.27. The van der Waals surface area contributed by atoms with Gasteiger partial charge < -0.3 is 19.4 Å². The number of H-pyrrole nitrogens is 1. The molecule has 1 aliphatic rings. The molecule has 1 fully saturated rings. The quantitative estimate of drug-likeness (QED) is 0.452. The molecule has 0 radical (unpaired) electrons. The van der Waals surface area contributed by atoms with E-state index in [2.05, 4.69) is 9.88 Å². The number of piperidine rings is 1. The van der Waals surface area contributed by atoms with Crippen molar-refractivity contribution in [3.63, 3.8) is 0 Å². The van der Waals surface area contributed by atoms with Gasteiger partial charge in [0.1, 0.15) is 23.2 Å². The molecule has 5 rings (SSSR count). The summed E-state index contributed by atoms with van der Waals surface area (Å²) in [6, 6.07) is 17.7. The lowest BCUT2D eigenvalue weighted by molar-refractivity contribution is 0.134. The van der Waals surface area contributed by atoms with Crippen LogP contribution in [0.1, 0.15) is 42.2 Å². The molecule has 0 amide bonds. The number of fused-ring (bicyclic) bond motifs is 1. The minimum Gasteiger partial charge on any atom is -0.497 e. The summed E-state index contributed by atoms with van der Waals surface area (Å²) >= 11 is 0. The molecule has 0 bridgehead atoms. The Balaban J connectivity index is 1.71. The molecular weight excluding hydrogens is 428 g/mol. The van der Waals surface area contributed by atoms with Gasteiger partial charge in [0.05, 0.1) is 12.7 Å². The minimum atomic E-state index is -0.526. The number of rotatable bonds is 6. The third-order valence-electron chi connectivity index (χ3n) is 6.63. The first-order chi connectivity index (χ1) is 16.6. The first kappa shape index (κ1) is 22.2. The molecule has 3 heterocycles. The Labute approximate surface area is 198 Å². The number of anilines is 1. The molecular formula is C27H30N4O3. The second-order valence-corrected chi connectivity index (χ2v) is 8.73. The highest BCUT2D eigenvalue weighted by atomic mass is 16.5. The molecule has 1 atom stereocenters. The Bertz CT molecular complexity index is 1340. The lowest BCUT2D eigenvalue weighted by Crippen LogP contribution is -2.30. The normalized spacial score (nSPS) is 15.0. The molecule has 176 valence electrons. The second-order valence-electron chi connectivity index (χ2n) is 8.73. The zero-order valence-electron chi connectivity index (χ0n) is 19.9. The molecule has 1 saturated heterocycles. The van der Waals surface area contributed by atoms with Gasteiger partial charge in [0, 0.05) is 31.5 Å². The average Bonchev–Trinajstić information content (AvgIpc) is 3.27. The van der Waals surface area contributed by atoms with E-state index in [1.165, 1.54) is 10.9 Å². The number of nitrogens with one attached hydrogen (secondary N) is 1. The predicted octanol–water partition coefficient (Wildman–Crippen LogP) is 4.73. The number of benzene rings is 2. The van der Waals surface area contributed by atoms with Crippen LogP contribution in [-0.2, 0) is 4.74 Å². The Morgan fingerprint density at radius 3 is 2.32 bits per heavy atom. The van der Waals surface area contributed by atoms with E-state index in [4.69, 9.17) is 14.6 Å². The van der Waals surface area contributed by atoms with Gasteiger partial charge in [-0.3, -0.25) is 4.79 Å². The van der Waals surface area contributed by atoms with E-state index in [-0.39, 0.29) is 5.56 Å². The first-order valence-electron chi connectivity index (χ1n) is 11.7. The second kappa shape index (κ2) is 9.35. The SMILES string of the molecule is COc1ccc(C(OC)c2c(C)[nH]c3c(N4CCCCC4)c(-c4ccccc4)nn3c2=O)cc1. The standard InChI is InChI=1S/C27H30N4O3/c1-18-22(25(34-3)20-12-14-21(33-2)15-13-20)27(32)31-26(28-18)24(30-16-8-5-9-17-30)23(29-31)19-10-6-4-7-11-19/h4,6-7,10-15,25,28H,5,8-9,16-17H2,1-3H3. The summed E-state index contributed by atoms with van der Waals surface area (Å²) in [5.74, 6) is 0.755. The number of methoxy groups -OCH3 is 2. The number of ether oxygens (including phenoxy) is 2. The molecule has 34 heavy (non-hydrogen) atoms. The van der Waals surface area contributed by atoms with Gasteiger partial charge in [-0.1, -0.05) is 42.5 Å². The van der Waals surface area contributed by atoms with E-state index in [1.54, 1.807) is 14.2 Å². The number of nitrogens with zero attached hydrogens (tertiary/aromatic N) is 3. The van der Waals surface area contributed by atoms with Crippen molar-refractivity contribution in [2.24, 2.45) is 0 Å². The molecule has 0 saturated carbocycles. The van der Waals surface area contributed by atoms with Crippen LogP contribution in [0.3, 0.4) is 0 Å². The fraction of sp³-hybridized carbons (Fsp3) is 0.333. The van der Waals surface area contributed by atoms with Crippen LogP contribution >= 0.6 is 0 Å². The minimum absolute atomic E-state index is 0.172. The summed E-state index contributed by atoms with van der Waals surface area (Å²) < 4.78 is 12.6. The van der Waals surface area contributed by atoms with Gasteiger partial charge in [0.2, 0.25) is 0 Å². The first-order valence-corrected chi connectivity index (χ1v) is 11.7. The van der Waals surface area contributed by atoms with E-state index >= 15 is 0 Å². The number of aromatic amines is 1. The molecule has 7 heteroatoms. The molecule has 0 spiro atoms. The smallest absolute Gasteiger partial charge is 0.280 e. The van der Waals surface area contributed by atoms with Gasteiger partial charge in [-0.2, -0.15) is 9.61 Å². The molecule has 1 N–H and O–H groups in total. The van der Waals surface area contributed by atoms with E-state index in [0.29, 0.717) is 5.56 Å². The lowest BCUT2D eigenvalue weighted by atomic mass is 10.0. The van der Waals surface area contributed by atoms with Crippen molar-refractivity contribution in [3.8, 4) is 17.0 Å². The van der Waals surface area contributed by atoms with E-state index in [9.17, 15) is 4.79 Å². The molecule has 2 aromatic heterocycles. The Morgan fingerprint density at radius 1 is 0.971 bits per heavy atom. The third kappa shape index (κ3) is 3.86. The fourth-order valence-corrected chi connectivity index (χ4v) is 4.90. The van der Waals surface area contributed by atoms with Crippen LogP contribution in [0.4, 0.5) is 5.69 Å². The van der Waals surface area contributed by atoms with Crippen LogP contribution in [0, 0.1) is 6.92 Å². The average molecular weight is 459 g/mol. The van der Waals surface area contributed by atoms with Crippen LogP contribution in [0.2, 0.25) is 0 Å². The van der Waals surface area contributed by atoms with Crippen molar-refractivity contribution in [2.75, 3.05) is 32.2 Å². The Morgan fingerprint density at radius 2 is 1.68 bits per heavy atom. The lowest BCUT2D eigenvalue weighted by Gasteiger charge is -2.28. The molecule has 1 unspecified atom stereocenters. The summed E-state index contributed by atoms with van der Waals surface area (Å²) in [5, 5.41) is 4.85. The van der Waals surface area contributed by atoms with Crippen molar-refractivity contribution in [1.29, 1.82) is 0 Å². The predicted molar refractivity (Wildman–Crippen MR) is 134 cm³/mol. The van der Waals surface area contributed by atoms with Gasteiger partial charge in [-0.25, -0.2) is 0 Å². The van der Waals surface area contributed by atoms with Gasteiger partial charge in [0.25, 0.3) is 5.56 Å². The van der Waals surface area contributed by atoms with Crippen molar-refractivity contribution < 1.29 is 9.47 Å². The van der Waals surface area contributed by atoms with Crippen molar-refractivity contribution in [3.05, 3.63) is 81.8 Å². The Hall–Kier alpha value is -3.58. The molecule has 1 aliphatic heterocycles. The van der Waals surface area contributed by atoms with Gasteiger partial charge >= 0.3 is 0 Å². The summed E-state index contributed by atoms with van der Waals surface area (Å²) in [5.41, 5.74) is 5.58. The van der Waals surface area contributed by atoms with Crippen LogP contribution in [0.5, 0.6) is 5.75 Å². The van der Waals surface area contributed by atoms with E-state index in [0.717, 1.165) is 65.5 Å². The molecule has 2 aromatic carbocycles. The molecule has 4 aromatic rings. The largest absolute Gasteiger partial charge is 0.497 e. The van der Waals surface area contributed by atoms with Crippen molar-refractivity contribution in [1.82, 2.24) is 14.6 Å². The molecule has 0 aliphatic carbocycles. The monoisotopic (exact) mass is 458 g/mol. The number of aryl methyl sites for hydroxylation is 1. The summed E-state index contributed by atoms with van der Waals surface area (Å²) in [6.07, 6.45) is 2.97. The maximum absolute atomic E-state index is 13.9. The van der Waals surface area contributed by atoms with Crippen LogP contribution in [-0.4, -0.2) is 41.9 Å². The molecule has 7 nitrogen and oxygen atoms in total. The van der Waals surface area contributed by atoms with Gasteiger partial charge in [-0.05, 0) is 43.9 Å². The third-order valence-corrected chi connectivity index (χ3v) is 6.63. The van der Waals surface area contributed by atoms with Crippen LogP contribution < -0.4 is 15.2 Å². The van der Waals surface area contributed by atoms with Gasteiger partial charge in [0.15, 0.2) is 5.65 Å². The highest BCUT2D eigenvalue weighted by Crippen LogP contribution is 2.35. The zero-order chi connectivity index (χ0) is 23.7. The topological polar surface area (TPSA) is 71.9 Å². The zero-order valence-corrected chi connectivity index (χ0v) is 19.9. The van der Waals surface area contributed by atoms with Crippen molar-refractivity contribution >= 4 is 11.3 Å². The summed E-state index contributed by atoms with van der Waals surface area (Å²) in [7, 11) is 3.25. The van der Waals surface area contributed by atoms with Crippen LogP contribution in [0.25, 0.3) is 16.9 Å². The number of hydrogen-bond acceptors (Lipinski definition) is 5. The fourth-order valence-electron chi connectivity index (χ4n) is 4.90. The van der Waals surface area contributed by atoms with Gasteiger partial charge in [-0.15, -0.1) is 0 Å².